The third-order valence-corrected chi connectivity index (χ3v) is 5.96. The molecule has 2 aromatic carbocycles. The summed E-state index contributed by atoms with van der Waals surface area (Å²) in [7, 11) is 3.03. The Kier molecular flexibility index (Phi) is 8.67. The summed E-state index contributed by atoms with van der Waals surface area (Å²) < 4.78 is 44.1. The van der Waals surface area contributed by atoms with E-state index in [0.29, 0.717) is 22.8 Å². The van der Waals surface area contributed by atoms with E-state index in [9.17, 15) is 18.4 Å². The highest BCUT2D eigenvalue weighted by atomic mass is 19.1. The largest absolute Gasteiger partial charge is 0.514 e. The maximum atomic E-state index is 13.7. The Bertz CT molecular complexity index is 1450. The Hall–Kier alpha value is -4.87. The number of methoxy groups -OCH3 is 1. The molecular weight excluding hydrogens is 524 g/mol. The number of halogens is 2. The van der Waals surface area contributed by atoms with Crippen molar-refractivity contribution in [2.24, 2.45) is 7.05 Å². The minimum atomic E-state index is -1.01. The summed E-state index contributed by atoms with van der Waals surface area (Å²) in [6.45, 7) is 3.39. The van der Waals surface area contributed by atoms with Crippen molar-refractivity contribution in [1.29, 1.82) is 0 Å². The zero-order valence-electron chi connectivity index (χ0n) is 22.2. The van der Waals surface area contributed by atoms with E-state index in [1.54, 1.807) is 45.2 Å². The first-order chi connectivity index (χ1) is 19.2. The molecule has 0 saturated carbocycles. The molecule has 0 spiro atoms. The van der Waals surface area contributed by atoms with Crippen LogP contribution < -0.4 is 14.8 Å². The summed E-state index contributed by atoms with van der Waals surface area (Å²) in [5.41, 5.74) is 1.20. The molecule has 2 aromatic heterocycles. The fourth-order valence-electron chi connectivity index (χ4n) is 4.13. The van der Waals surface area contributed by atoms with Crippen LogP contribution in [0.1, 0.15) is 59.1 Å². The van der Waals surface area contributed by atoms with Crippen molar-refractivity contribution < 1.29 is 32.6 Å². The number of aryl methyl sites for hydroxylation is 1. The number of pyridine rings is 1. The molecule has 1 N–H and O–H groups in total. The number of hydrogen-bond acceptors (Lipinski definition) is 8. The number of carbonyl (C=O) groups excluding carboxylic acids is 2. The van der Waals surface area contributed by atoms with Crippen molar-refractivity contribution in [1.82, 2.24) is 25.1 Å². The minimum Gasteiger partial charge on any atom is -0.493 e. The lowest BCUT2D eigenvalue weighted by atomic mass is 9.90. The van der Waals surface area contributed by atoms with Gasteiger partial charge in [0, 0.05) is 19.3 Å². The number of amides is 1. The van der Waals surface area contributed by atoms with Gasteiger partial charge in [0.2, 0.25) is 5.75 Å². The summed E-state index contributed by atoms with van der Waals surface area (Å²) >= 11 is 0. The SMILES string of the molecule is CCOC(=O)Oc1c(OC)ccnc1C(=O)N[C@@H](C)c1nc(C(c2ccc(F)cc2)c2ccc(F)cc2)nn1C. The highest BCUT2D eigenvalue weighted by Crippen LogP contribution is 2.32. The Morgan fingerprint density at radius 1 is 1.00 bits per heavy atom. The number of benzene rings is 2. The standard InChI is InChI=1S/C28H27F2N5O5/c1-5-39-28(37)40-24-21(38-4)14-15-31-23(24)27(36)32-16(2)26-33-25(34-35(26)3)22(17-6-10-19(29)11-7-17)18-8-12-20(30)13-9-18/h6-16,22H,5H2,1-4H3,(H,32,36)/t16-/m0/s1. The number of carbonyl (C=O) groups is 2. The fraction of sp³-hybridized carbons (Fsp3) is 0.250. The van der Waals surface area contributed by atoms with Crippen LogP contribution in [0.2, 0.25) is 0 Å². The number of ether oxygens (including phenoxy) is 3. The van der Waals surface area contributed by atoms with Crippen molar-refractivity contribution in [3.8, 4) is 11.5 Å². The molecule has 0 bridgehead atoms. The van der Waals surface area contributed by atoms with Crippen molar-refractivity contribution in [2.75, 3.05) is 13.7 Å². The number of rotatable bonds is 9. The highest BCUT2D eigenvalue weighted by molar-refractivity contribution is 5.96. The van der Waals surface area contributed by atoms with Gasteiger partial charge in [0.05, 0.1) is 25.7 Å². The Labute approximate surface area is 228 Å². The molecular formula is C28H27F2N5O5. The monoisotopic (exact) mass is 551 g/mol. The van der Waals surface area contributed by atoms with Gasteiger partial charge in [0.1, 0.15) is 17.5 Å². The van der Waals surface area contributed by atoms with Crippen molar-refractivity contribution in [2.45, 2.75) is 25.8 Å². The van der Waals surface area contributed by atoms with Crippen LogP contribution in [0.4, 0.5) is 13.6 Å². The lowest BCUT2D eigenvalue weighted by Crippen LogP contribution is -2.30. The predicted molar refractivity (Wildman–Crippen MR) is 139 cm³/mol. The molecule has 1 atom stereocenters. The maximum Gasteiger partial charge on any atom is 0.514 e. The Balaban J connectivity index is 1.64. The van der Waals surface area contributed by atoms with Crippen LogP contribution in [0.5, 0.6) is 11.5 Å². The van der Waals surface area contributed by atoms with E-state index in [1.807, 2.05) is 0 Å². The Morgan fingerprint density at radius 3 is 2.15 bits per heavy atom. The minimum absolute atomic E-state index is 0.0747. The van der Waals surface area contributed by atoms with E-state index in [0.717, 1.165) is 0 Å². The summed E-state index contributed by atoms with van der Waals surface area (Å²) in [4.78, 5) is 33.9. The van der Waals surface area contributed by atoms with Crippen LogP contribution in [0, 0.1) is 11.6 Å². The lowest BCUT2D eigenvalue weighted by Gasteiger charge is -2.16. The second-order valence-corrected chi connectivity index (χ2v) is 8.66. The molecule has 12 heteroatoms. The summed E-state index contributed by atoms with van der Waals surface area (Å²) in [6, 6.07) is 12.5. The van der Waals surface area contributed by atoms with Gasteiger partial charge >= 0.3 is 6.16 Å². The average molecular weight is 552 g/mol. The number of nitrogens with one attached hydrogen (secondary N) is 1. The molecule has 1 amide bonds. The van der Waals surface area contributed by atoms with Gasteiger partial charge in [0.25, 0.3) is 5.91 Å². The molecule has 40 heavy (non-hydrogen) atoms. The van der Waals surface area contributed by atoms with E-state index in [1.165, 1.54) is 48.3 Å². The smallest absolute Gasteiger partial charge is 0.493 e. The summed E-state index contributed by atoms with van der Waals surface area (Å²) in [6.07, 6.45) is 0.328. The predicted octanol–water partition coefficient (Wildman–Crippen LogP) is 4.70. The van der Waals surface area contributed by atoms with Crippen LogP contribution >= 0.6 is 0 Å². The van der Waals surface area contributed by atoms with Crippen molar-refractivity contribution >= 4 is 12.1 Å². The van der Waals surface area contributed by atoms with Gasteiger partial charge in [-0.1, -0.05) is 24.3 Å². The molecule has 0 saturated heterocycles. The van der Waals surface area contributed by atoms with E-state index >= 15 is 0 Å². The average Bonchev–Trinajstić information content (AvgIpc) is 3.32. The Morgan fingerprint density at radius 2 is 1.60 bits per heavy atom. The highest BCUT2D eigenvalue weighted by Gasteiger charge is 2.27. The normalized spacial score (nSPS) is 11.7. The lowest BCUT2D eigenvalue weighted by molar-refractivity contribution is 0.0914. The zero-order chi connectivity index (χ0) is 28.8. The fourth-order valence-corrected chi connectivity index (χ4v) is 4.13. The second-order valence-electron chi connectivity index (χ2n) is 8.66. The quantitative estimate of drug-likeness (QED) is 0.298. The summed E-state index contributed by atoms with van der Waals surface area (Å²) in [5, 5.41) is 7.35. The number of hydrogen-bond donors (Lipinski definition) is 1. The first-order valence-electron chi connectivity index (χ1n) is 12.3. The van der Waals surface area contributed by atoms with Gasteiger partial charge in [-0.25, -0.2) is 23.5 Å². The molecule has 4 rings (SSSR count). The van der Waals surface area contributed by atoms with E-state index in [2.05, 4.69) is 20.4 Å². The second kappa shape index (κ2) is 12.3. The number of aromatic nitrogens is 4. The van der Waals surface area contributed by atoms with Crippen LogP contribution in [0.3, 0.4) is 0 Å². The van der Waals surface area contributed by atoms with Gasteiger partial charge < -0.3 is 19.5 Å². The van der Waals surface area contributed by atoms with E-state index in [4.69, 9.17) is 14.2 Å². The third-order valence-electron chi connectivity index (χ3n) is 5.96. The van der Waals surface area contributed by atoms with Gasteiger partial charge in [-0.3, -0.25) is 9.48 Å². The summed E-state index contributed by atoms with van der Waals surface area (Å²) in [5.74, 6) is -1.31. The third kappa shape index (κ3) is 6.22. The molecule has 2 heterocycles. The van der Waals surface area contributed by atoms with Crippen molar-refractivity contribution in [3.05, 3.63) is 101 Å². The maximum absolute atomic E-state index is 13.7. The van der Waals surface area contributed by atoms with Gasteiger partial charge in [-0.2, -0.15) is 5.10 Å². The molecule has 0 unspecified atom stereocenters. The van der Waals surface area contributed by atoms with Crippen molar-refractivity contribution in [3.63, 3.8) is 0 Å². The van der Waals surface area contributed by atoms with Crippen LogP contribution in [-0.4, -0.2) is 45.5 Å². The zero-order valence-corrected chi connectivity index (χ0v) is 22.2. The molecule has 0 radical (unpaired) electrons. The molecule has 4 aromatic rings. The molecule has 208 valence electrons. The molecule has 0 aliphatic heterocycles. The van der Waals surface area contributed by atoms with Gasteiger partial charge in [-0.15, -0.1) is 0 Å². The van der Waals surface area contributed by atoms with Gasteiger partial charge in [-0.05, 0) is 49.2 Å². The molecule has 0 fully saturated rings. The van der Waals surface area contributed by atoms with E-state index in [-0.39, 0.29) is 23.8 Å². The van der Waals surface area contributed by atoms with E-state index < -0.39 is 35.7 Å². The van der Waals surface area contributed by atoms with Crippen LogP contribution in [0.25, 0.3) is 0 Å². The molecule has 10 nitrogen and oxygen atoms in total. The number of nitrogens with zero attached hydrogens (tertiary/aromatic N) is 4. The first kappa shape index (κ1) is 28.1. The van der Waals surface area contributed by atoms with Gasteiger partial charge in [0.15, 0.2) is 17.3 Å². The van der Waals surface area contributed by atoms with Crippen LogP contribution in [-0.2, 0) is 11.8 Å². The molecule has 0 aliphatic rings. The first-order valence-corrected chi connectivity index (χ1v) is 12.3. The molecule has 0 aliphatic carbocycles. The van der Waals surface area contributed by atoms with Crippen LogP contribution in [0.15, 0.2) is 60.8 Å². The topological polar surface area (TPSA) is 117 Å².